The van der Waals surface area contributed by atoms with Gasteiger partial charge in [0.15, 0.2) is 0 Å². The first kappa shape index (κ1) is 20.6. The predicted molar refractivity (Wildman–Crippen MR) is 127 cm³/mol. The first-order valence-electron chi connectivity index (χ1n) is 9.99. The van der Waals surface area contributed by atoms with E-state index in [4.69, 9.17) is 12.2 Å². The van der Waals surface area contributed by atoms with Gasteiger partial charge in [-0.2, -0.15) is 0 Å². The summed E-state index contributed by atoms with van der Waals surface area (Å²) in [5.74, 6) is -0.0984. The molecule has 2 amide bonds. The molecule has 1 saturated heterocycles. The first-order chi connectivity index (χ1) is 14.6. The molecule has 6 heteroatoms. The summed E-state index contributed by atoms with van der Waals surface area (Å²) < 4.78 is 0.506. The Hall–Kier alpha value is -2.70. The van der Waals surface area contributed by atoms with Gasteiger partial charge >= 0.3 is 0 Å². The molecule has 2 aromatic rings. The van der Waals surface area contributed by atoms with Crippen molar-refractivity contribution in [2.45, 2.75) is 19.3 Å². The summed E-state index contributed by atoms with van der Waals surface area (Å²) in [5.41, 5.74) is 3.26. The van der Waals surface area contributed by atoms with Crippen molar-refractivity contribution in [1.29, 1.82) is 0 Å². The van der Waals surface area contributed by atoms with Crippen molar-refractivity contribution in [3.8, 4) is 0 Å². The maximum Gasteiger partial charge on any atom is 0.266 e. The lowest BCUT2D eigenvalue weighted by molar-refractivity contribution is -0.123. The van der Waals surface area contributed by atoms with E-state index in [2.05, 4.69) is 6.07 Å². The van der Waals surface area contributed by atoms with E-state index in [9.17, 15) is 9.59 Å². The summed E-state index contributed by atoms with van der Waals surface area (Å²) in [5, 5.41) is 0. The van der Waals surface area contributed by atoms with Gasteiger partial charge in [-0.1, -0.05) is 84.7 Å². The average Bonchev–Trinajstić information content (AvgIpc) is 3.05. The summed E-state index contributed by atoms with van der Waals surface area (Å²) >= 11 is 6.67. The highest BCUT2D eigenvalue weighted by molar-refractivity contribution is 8.26. The van der Waals surface area contributed by atoms with Gasteiger partial charge in [0.25, 0.3) is 5.91 Å². The van der Waals surface area contributed by atoms with Crippen LogP contribution in [0, 0.1) is 0 Å². The number of para-hydroxylation sites is 1. The fourth-order valence-corrected chi connectivity index (χ4v) is 4.91. The van der Waals surface area contributed by atoms with Gasteiger partial charge < -0.3 is 4.90 Å². The van der Waals surface area contributed by atoms with Crippen molar-refractivity contribution in [1.82, 2.24) is 4.90 Å². The molecule has 2 aromatic carbocycles. The molecule has 4 rings (SSSR count). The third kappa shape index (κ3) is 4.55. The van der Waals surface area contributed by atoms with Crippen LogP contribution in [0.25, 0.3) is 6.08 Å². The van der Waals surface area contributed by atoms with E-state index in [-0.39, 0.29) is 18.2 Å². The minimum Gasteiger partial charge on any atom is -0.312 e. The highest BCUT2D eigenvalue weighted by atomic mass is 32.2. The quantitative estimate of drug-likeness (QED) is 0.500. The van der Waals surface area contributed by atoms with E-state index in [0.29, 0.717) is 15.8 Å². The van der Waals surface area contributed by atoms with Gasteiger partial charge in [-0.05, 0) is 36.1 Å². The van der Waals surface area contributed by atoms with E-state index in [1.165, 1.54) is 22.2 Å². The van der Waals surface area contributed by atoms with Gasteiger partial charge in [-0.3, -0.25) is 14.5 Å². The van der Waals surface area contributed by atoms with Crippen LogP contribution < -0.4 is 4.90 Å². The molecule has 0 saturated carbocycles. The molecule has 0 aromatic heterocycles. The van der Waals surface area contributed by atoms with E-state index in [0.717, 1.165) is 30.6 Å². The number of thiocarbonyl (C=S) groups is 1. The molecule has 4 nitrogen and oxygen atoms in total. The van der Waals surface area contributed by atoms with Crippen LogP contribution in [-0.2, 0) is 16.0 Å². The number of amides is 2. The lowest BCUT2D eigenvalue weighted by Gasteiger charge is -2.30. The molecule has 0 radical (unpaired) electrons. The lowest BCUT2D eigenvalue weighted by atomic mass is 10.0. The Bertz CT molecular complexity index is 1030. The topological polar surface area (TPSA) is 40.6 Å². The molecule has 0 aliphatic carbocycles. The number of nitrogens with zero attached hydrogens (tertiary/aromatic N) is 2. The molecular formula is C24H22N2O2S2. The second-order valence-electron chi connectivity index (χ2n) is 7.15. The number of allylic oxidation sites excluding steroid dienone is 2. The van der Waals surface area contributed by atoms with E-state index in [1.54, 1.807) is 6.08 Å². The minimum absolute atomic E-state index is 0.0316. The second kappa shape index (κ2) is 9.41. The zero-order valence-corrected chi connectivity index (χ0v) is 18.1. The second-order valence-corrected chi connectivity index (χ2v) is 8.83. The van der Waals surface area contributed by atoms with Crippen LogP contribution >= 0.6 is 24.0 Å². The third-order valence-corrected chi connectivity index (χ3v) is 6.57. The van der Waals surface area contributed by atoms with Crippen LogP contribution in [0.3, 0.4) is 0 Å². The number of carbonyl (C=O) groups excluding carboxylic acids is 2. The molecule has 0 atom stereocenters. The van der Waals surface area contributed by atoms with E-state index < -0.39 is 0 Å². The molecule has 2 aliphatic rings. The molecule has 0 N–H and O–H groups in total. The number of carbonyl (C=O) groups is 2. The molecule has 30 heavy (non-hydrogen) atoms. The number of rotatable bonds is 5. The first-order valence-corrected chi connectivity index (χ1v) is 11.2. The minimum atomic E-state index is -0.130. The number of benzene rings is 2. The van der Waals surface area contributed by atoms with Crippen LogP contribution in [0.4, 0.5) is 5.69 Å². The Balaban J connectivity index is 1.38. The van der Waals surface area contributed by atoms with Gasteiger partial charge in [0.1, 0.15) is 4.32 Å². The fourth-order valence-electron chi connectivity index (χ4n) is 3.65. The Morgan fingerprint density at radius 3 is 2.70 bits per heavy atom. The molecule has 0 bridgehead atoms. The Labute approximate surface area is 186 Å². The predicted octanol–water partition coefficient (Wildman–Crippen LogP) is 4.81. The number of hydrogen-bond acceptors (Lipinski definition) is 4. The summed E-state index contributed by atoms with van der Waals surface area (Å²) in [6, 6.07) is 17.9. The van der Waals surface area contributed by atoms with Crippen molar-refractivity contribution < 1.29 is 9.59 Å². The van der Waals surface area contributed by atoms with Crippen molar-refractivity contribution in [3.63, 3.8) is 0 Å². The Morgan fingerprint density at radius 1 is 1.10 bits per heavy atom. The molecule has 2 aliphatic heterocycles. The van der Waals surface area contributed by atoms with Gasteiger partial charge in [0, 0.05) is 25.2 Å². The van der Waals surface area contributed by atoms with Crippen LogP contribution in [0.15, 0.2) is 71.7 Å². The van der Waals surface area contributed by atoms with Crippen molar-refractivity contribution >= 4 is 51.9 Å². The van der Waals surface area contributed by atoms with Crippen molar-refractivity contribution in [2.24, 2.45) is 0 Å². The zero-order chi connectivity index (χ0) is 20.9. The van der Waals surface area contributed by atoms with Crippen molar-refractivity contribution in [3.05, 3.63) is 82.8 Å². The Morgan fingerprint density at radius 2 is 1.87 bits per heavy atom. The summed E-state index contributed by atoms with van der Waals surface area (Å²) in [7, 11) is 0. The van der Waals surface area contributed by atoms with Crippen LogP contribution in [0.1, 0.15) is 24.0 Å². The fraction of sp³-hybridized carbons (Fsp3) is 0.208. The van der Waals surface area contributed by atoms with E-state index in [1.807, 2.05) is 65.6 Å². The standard InChI is InChI=1S/C24H22N2O2S2/c27-22(25-16-7-12-19-11-4-5-13-20(19)25)15-17-26-23(28)21(30-24(26)29)14-6-10-18-8-2-1-3-9-18/h1-6,8-11,13-14H,7,12,15-17H2/b10-6+,21-14-. The SMILES string of the molecule is O=C1/C(=C/C=C/c2ccccc2)SC(=S)N1CCC(=O)N1CCCc2ccccc21. The average molecular weight is 435 g/mol. The van der Waals surface area contributed by atoms with Crippen LogP contribution in [0.5, 0.6) is 0 Å². The van der Waals surface area contributed by atoms with Crippen LogP contribution in [0.2, 0.25) is 0 Å². The smallest absolute Gasteiger partial charge is 0.266 e. The highest BCUT2D eigenvalue weighted by Gasteiger charge is 2.32. The number of fused-ring (bicyclic) bond motifs is 1. The van der Waals surface area contributed by atoms with Crippen LogP contribution in [-0.4, -0.2) is 34.1 Å². The number of anilines is 1. The molecule has 0 spiro atoms. The molecule has 0 unspecified atom stereocenters. The molecule has 152 valence electrons. The maximum atomic E-state index is 12.9. The lowest BCUT2D eigenvalue weighted by Crippen LogP contribution is -2.38. The van der Waals surface area contributed by atoms with Gasteiger partial charge in [-0.15, -0.1) is 0 Å². The monoisotopic (exact) mass is 434 g/mol. The number of aryl methyl sites for hydroxylation is 1. The third-order valence-electron chi connectivity index (χ3n) is 5.17. The van der Waals surface area contributed by atoms with Gasteiger partial charge in [0.05, 0.1) is 4.91 Å². The molecule has 2 heterocycles. The molecular weight excluding hydrogens is 412 g/mol. The summed E-state index contributed by atoms with van der Waals surface area (Å²) in [6.45, 7) is 1.03. The number of thioether (sulfide) groups is 1. The summed E-state index contributed by atoms with van der Waals surface area (Å²) in [4.78, 5) is 29.6. The van der Waals surface area contributed by atoms with Gasteiger partial charge in [0.2, 0.25) is 5.91 Å². The van der Waals surface area contributed by atoms with Gasteiger partial charge in [-0.25, -0.2) is 0 Å². The van der Waals surface area contributed by atoms with E-state index >= 15 is 0 Å². The normalized spacial score (nSPS) is 17.8. The maximum absolute atomic E-state index is 12.9. The summed E-state index contributed by atoms with van der Waals surface area (Å²) in [6.07, 6.45) is 7.81. The Kier molecular flexibility index (Phi) is 6.45. The highest BCUT2D eigenvalue weighted by Crippen LogP contribution is 2.32. The molecule has 1 fully saturated rings. The van der Waals surface area contributed by atoms with Crippen molar-refractivity contribution in [2.75, 3.05) is 18.0 Å². The number of hydrogen-bond donors (Lipinski definition) is 0. The zero-order valence-electron chi connectivity index (χ0n) is 16.5. The largest absolute Gasteiger partial charge is 0.312 e.